The highest BCUT2D eigenvalue weighted by molar-refractivity contribution is 5.95. The second kappa shape index (κ2) is 13.5. The molecule has 0 heterocycles. The molecule has 8 heteroatoms. The molecule has 198 valence electrons. The van der Waals surface area contributed by atoms with E-state index in [2.05, 4.69) is 13.5 Å². The van der Waals surface area contributed by atoms with Crippen molar-refractivity contribution in [1.29, 1.82) is 0 Å². The van der Waals surface area contributed by atoms with Gasteiger partial charge >= 0.3 is 12.1 Å². The van der Waals surface area contributed by atoms with Crippen molar-refractivity contribution < 1.29 is 27.5 Å². The topological polar surface area (TPSA) is 58.6 Å². The van der Waals surface area contributed by atoms with Gasteiger partial charge in [-0.2, -0.15) is 13.2 Å². The fourth-order valence-electron chi connectivity index (χ4n) is 3.87. The highest BCUT2D eigenvalue weighted by Crippen LogP contribution is 2.19. The summed E-state index contributed by atoms with van der Waals surface area (Å²) in [5.74, 6) is -0.579. The second-order valence-corrected chi connectivity index (χ2v) is 9.81. The van der Waals surface area contributed by atoms with E-state index in [4.69, 9.17) is 4.74 Å². The van der Waals surface area contributed by atoms with Crippen molar-refractivity contribution in [2.24, 2.45) is 5.92 Å². The van der Waals surface area contributed by atoms with Crippen LogP contribution in [0.4, 0.5) is 13.2 Å². The van der Waals surface area contributed by atoms with Crippen LogP contribution in [0.1, 0.15) is 82.1 Å². The molecule has 35 heavy (non-hydrogen) atoms. The smallest absolute Gasteiger partial charge is 0.405 e. The third kappa shape index (κ3) is 11.2. The molecule has 0 spiro atoms. The zero-order chi connectivity index (χ0) is 26.8. The van der Waals surface area contributed by atoms with Gasteiger partial charge in [0.2, 0.25) is 0 Å². The fourth-order valence-corrected chi connectivity index (χ4v) is 3.87. The lowest BCUT2D eigenvalue weighted by Gasteiger charge is -2.25. The van der Waals surface area contributed by atoms with Crippen molar-refractivity contribution in [1.82, 2.24) is 10.2 Å². The van der Waals surface area contributed by atoms with Crippen molar-refractivity contribution in [2.45, 2.75) is 84.9 Å². The Labute approximate surface area is 207 Å². The number of nitrogens with one attached hydrogen (secondary N) is 1. The number of carbonyl (C=O) groups excluding carboxylic acids is 2. The lowest BCUT2D eigenvalue weighted by atomic mass is 9.96. The van der Waals surface area contributed by atoms with E-state index in [9.17, 15) is 22.8 Å². The van der Waals surface area contributed by atoms with E-state index in [1.807, 2.05) is 44.2 Å². The minimum atomic E-state index is -4.47. The number of nitrogens with zero attached hydrogens (tertiary/aromatic N) is 1. The van der Waals surface area contributed by atoms with E-state index in [0.29, 0.717) is 28.3 Å². The molecule has 0 radical (unpaired) electrons. The molecular weight excluding hydrogens is 457 g/mol. The van der Waals surface area contributed by atoms with Gasteiger partial charge in [-0.3, -0.25) is 9.59 Å². The zero-order valence-electron chi connectivity index (χ0n) is 22.0. The first kappa shape index (κ1) is 30.5. The molecular formula is C27H41F3N2O3. The predicted molar refractivity (Wildman–Crippen MR) is 134 cm³/mol. The summed E-state index contributed by atoms with van der Waals surface area (Å²) in [7, 11) is 1.93. The van der Waals surface area contributed by atoms with Crippen LogP contribution in [0.5, 0.6) is 0 Å². The van der Waals surface area contributed by atoms with Crippen molar-refractivity contribution in [3.05, 3.63) is 33.7 Å². The molecule has 0 fully saturated rings. The quantitative estimate of drug-likeness (QED) is 0.401. The van der Waals surface area contributed by atoms with Crippen LogP contribution in [-0.4, -0.2) is 48.7 Å². The summed E-state index contributed by atoms with van der Waals surface area (Å²) < 4.78 is 43.0. The van der Waals surface area contributed by atoms with Crippen molar-refractivity contribution in [3.63, 3.8) is 0 Å². The highest BCUT2D eigenvalue weighted by atomic mass is 19.4. The third-order valence-corrected chi connectivity index (χ3v) is 6.13. The zero-order valence-corrected chi connectivity index (χ0v) is 22.0. The Balaban J connectivity index is 2.89. The maximum atomic E-state index is 12.5. The van der Waals surface area contributed by atoms with E-state index in [1.54, 1.807) is 13.0 Å². The van der Waals surface area contributed by atoms with Crippen LogP contribution in [-0.2, 0) is 9.53 Å². The van der Waals surface area contributed by atoms with Gasteiger partial charge < -0.3 is 15.0 Å². The summed E-state index contributed by atoms with van der Waals surface area (Å²) in [5, 5.41) is 3.33. The molecule has 1 aromatic carbocycles. The van der Waals surface area contributed by atoms with Crippen molar-refractivity contribution in [3.8, 4) is 0 Å². The van der Waals surface area contributed by atoms with Gasteiger partial charge in [-0.25, -0.2) is 0 Å². The Morgan fingerprint density at radius 3 is 2.43 bits per heavy atom. The number of halogens is 3. The van der Waals surface area contributed by atoms with E-state index in [-0.39, 0.29) is 11.5 Å². The molecule has 0 aromatic heterocycles. The number of rotatable bonds is 13. The van der Waals surface area contributed by atoms with Gasteiger partial charge in [0.1, 0.15) is 12.1 Å². The van der Waals surface area contributed by atoms with Crippen LogP contribution < -0.4 is 15.8 Å². The first-order valence-electron chi connectivity index (χ1n) is 12.3. The number of benzene rings is 1. The SMILES string of the molecule is C=c1ccc(C(=O)NCC(F)(F)F)c(C)/c1=C/N(C)CC(CCC)CCCC(=O)OC(C)(C)CC. The molecule has 5 nitrogen and oxygen atoms in total. The van der Waals surface area contributed by atoms with Crippen molar-refractivity contribution >= 4 is 24.7 Å². The summed E-state index contributed by atoms with van der Waals surface area (Å²) in [4.78, 5) is 26.5. The maximum absolute atomic E-state index is 12.5. The van der Waals surface area contributed by atoms with Crippen LogP contribution in [0.2, 0.25) is 0 Å². The molecule has 0 bridgehead atoms. The van der Waals surface area contributed by atoms with Gasteiger partial charge in [-0.15, -0.1) is 0 Å². The number of ether oxygens (including phenoxy) is 1. The Bertz CT molecular complexity index is 958. The van der Waals surface area contributed by atoms with Crippen LogP contribution in [0.25, 0.3) is 12.8 Å². The molecule has 0 aliphatic heterocycles. The number of esters is 1. The van der Waals surface area contributed by atoms with E-state index in [1.165, 1.54) is 6.07 Å². The minimum absolute atomic E-state index is 0.176. The lowest BCUT2D eigenvalue weighted by Crippen LogP contribution is -2.37. The highest BCUT2D eigenvalue weighted by Gasteiger charge is 2.28. The van der Waals surface area contributed by atoms with Crippen LogP contribution in [0.15, 0.2) is 12.1 Å². The second-order valence-electron chi connectivity index (χ2n) is 9.81. The van der Waals surface area contributed by atoms with Gasteiger partial charge in [0.15, 0.2) is 0 Å². The van der Waals surface area contributed by atoms with Crippen LogP contribution in [0.3, 0.4) is 0 Å². The monoisotopic (exact) mass is 498 g/mol. The van der Waals surface area contributed by atoms with Gasteiger partial charge in [-0.1, -0.05) is 32.9 Å². The third-order valence-electron chi connectivity index (χ3n) is 6.13. The average Bonchev–Trinajstić information content (AvgIpc) is 2.74. The van der Waals surface area contributed by atoms with Crippen LogP contribution >= 0.6 is 0 Å². The molecule has 1 unspecified atom stereocenters. The molecule has 1 atom stereocenters. The lowest BCUT2D eigenvalue weighted by molar-refractivity contribution is -0.156. The Morgan fingerprint density at radius 2 is 1.86 bits per heavy atom. The fraction of sp³-hybridized carbons (Fsp3) is 0.630. The summed E-state index contributed by atoms with van der Waals surface area (Å²) >= 11 is 0. The largest absolute Gasteiger partial charge is 0.460 e. The molecule has 1 rings (SSSR count). The molecule has 0 saturated heterocycles. The first-order chi connectivity index (χ1) is 16.2. The molecule has 0 saturated carbocycles. The van der Waals surface area contributed by atoms with E-state index in [0.717, 1.165) is 38.6 Å². The molecule has 1 aromatic rings. The Hall–Kier alpha value is -2.51. The number of alkyl halides is 3. The maximum Gasteiger partial charge on any atom is 0.405 e. The average molecular weight is 499 g/mol. The standard InChI is InChI=1S/C27H41F3N2O3/c1-8-11-21(12-10-13-24(33)35-26(5,6)9-2)16-32(7)17-23-19(3)14-15-22(20(23)4)25(34)31-18-27(28,29)30/h14-15,17,21H,3,8-13,16,18H2,1-2,4-7H3,(H,31,34)/b23-17+. The first-order valence-corrected chi connectivity index (χ1v) is 12.3. The van der Waals surface area contributed by atoms with Crippen LogP contribution in [0, 0.1) is 12.8 Å². The number of hydrogen-bond donors (Lipinski definition) is 1. The number of amides is 1. The Morgan fingerprint density at radius 1 is 1.20 bits per heavy atom. The van der Waals surface area contributed by atoms with Gasteiger partial charge in [0.25, 0.3) is 5.91 Å². The summed E-state index contributed by atoms with van der Waals surface area (Å²) in [5.41, 5.74) is 0.328. The van der Waals surface area contributed by atoms with Gasteiger partial charge in [0.05, 0.1) is 0 Å². The number of hydrogen-bond acceptors (Lipinski definition) is 4. The Kier molecular flexibility index (Phi) is 11.8. The molecule has 0 aliphatic rings. The molecule has 0 aliphatic carbocycles. The number of carbonyl (C=O) groups is 2. The predicted octanol–water partition coefficient (Wildman–Crippen LogP) is 4.69. The molecule has 1 amide bonds. The normalized spacial score (nSPS) is 13.5. The van der Waals surface area contributed by atoms with Gasteiger partial charge in [-0.05, 0) is 69.2 Å². The summed E-state index contributed by atoms with van der Waals surface area (Å²) in [6, 6.07) is 3.14. The summed E-state index contributed by atoms with van der Waals surface area (Å²) in [6.07, 6.45) is 2.20. The minimum Gasteiger partial charge on any atom is -0.460 e. The molecule has 1 N–H and O–H groups in total. The van der Waals surface area contributed by atoms with E-state index < -0.39 is 24.2 Å². The van der Waals surface area contributed by atoms with E-state index >= 15 is 0 Å². The van der Waals surface area contributed by atoms with Crippen molar-refractivity contribution in [2.75, 3.05) is 20.1 Å². The summed E-state index contributed by atoms with van der Waals surface area (Å²) in [6.45, 7) is 13.0. The van der Waals surface area contributed by atoms with Gasteiger partial charge in [0, 0.05) is 37.0 Å².